The molecule has 0 radical (unpaired) electrons. The molecule has 33 heavy (non-hydrogen) atoms. The lowest BCUT2D eigenvalue weighted by Crippen LogP contribution is -2.41. The van der Waals surface area contributed by atoms with Gasteiger partial charge < -0.3 is 24.5 Å². The Balaban J connectivity index is 1.51. The highest BCUT2D eigenvalue weighted by Gasteiger charge is 2.52. The largest absolute Gasteiger partial charge is 0.484 e. The maximum absolute atomic E-state index is 13.6. The minimum Gasteiger partial charge on any atom is -0.484 e. The van der Waals surface area contributed by atoms with E-state index in [4.69, 9.17) is 31.2 Å². The maximum Gasteiger partial charge on any atom is 0.290 e. The van der Waals surface area contributed by atoms with Crippen LogP contribution < -0.4 is 10.5 Å². The van der Waals surface area contributed by atoms with Gasteiger partial charge in [-0.3, -0.25) is 14.4 Å². The number of ketones is 1. The van der Waals surface area contributed by atoms with Crippen LogP contribution in [0.25, 0.3) is 0 Å². The molecule has 0 saturated heterocycles. The molecule has 1 aliphatic carbocycles. The third-order valence-corrected chi connectivity index (χ3v) is 6.76. The summed E-state index contributed by atoms with van der Waals surface area (Å²) in [5.74, 6) is -0.180. The lowest BCUT2D eigenvalue weighted by Gasteiger charge is -2.37. The van der Waals surface area contributed by atoms with E-state index in [9.17, 15) is 14.4 Å². The quantitative estimate of drug-likeness (QED) is 0.650. The van der Waals surface area contributed by atoms with Crippen LogP contribution in [0, 0.1) is 5.92 Å². The molecule has 2 aliphatic heterocycles. The summed E-state index contributed by atoms with van der Waals surface area (Å²) >= 11 is 6.36. The SMILES string of the molecule is NC(=O)COc1ccc(C2C3=C(OC4CCC(Cl)CC4C3=O)C(=O)N2Cc2ccco2)cc1. The summed E-state index contributed by atoms with van der Waals surface area (Å²) in [6.07, 6.45) is 3.13. The summed E-state index contributed by atoms with van der Waals surface area (Å²) in [6, 6.07) is 9.79. The van der Waals surface area contributed by atoms with Crippen molar-refractivity contribution < 1.29 is 28.3 Å². The van der Waals surface area contributed by atoms with E-state index in [1.54, 1.807) is 47.6 Å². The molecule has 4 atom stereocenters. The number of halogens is 1. The Labute approximate surface area is 195 Å². The fourth-order valence-electron chi connectivity index (χ4n) is 4.84. The van der Waals surface area contributed by atoms with Gasteiger partial charge in [0.2, 0.25) is 0 Å². The number of carbonyl (C=O) groups is 3. The van der Waals surface area contributed by atoms with Crippen molar-refractivity contribution in [1.82, 2.24) is 4.90 Å². The van der Waals surface area contributed by atoms with Crippen molar-refractivity contribution in [3.63, 3.8) is 0 Å². The normalized spacial score (nSPS) is 26.6. The van der Waals surface area contributed by atoms with Crippen molar-refractivity contribution in [1.29, 1.82) is 0 Å². The second-order valence-corrected chi connectivity index (χ2v) is 9.14. The molecule has 2 N–H and O–H groups in total. The van der Waals surface area contributed by atoms with Crippen LogP contribution in [0.5, 0.6) is 5.75 Å². The number of Topliss-reactive ketones (excluding diaryl/α,β-unsaturated/α-hetero) is 1. The van der Waals surface area contributed by atoms with E-state index in [0.717, 1.165) is 12.0 Å². The lowest BCUT2D eigenvalue weighted by atomic mass is 9.77. The van der Waals surface area contributed by atoms with Crippen molar-refractivity contribution in [3.05, 3.63) is 65.3 Å². The molecule has 4 unspecified atom stereocenters. The highest BCUT2D eigenvalue weighted by Crippen LogP contribution is 2.47. The van der Waals surface area contributed by atoms with Gasteiger partial charge in [0, 0.05) is 5.38 Å². The molecule has 0 bridgehead atoms. The molecule has 9 heteroatoms. The van der Waals surface area contributed by atoms with Gasteiger partial charge in [0.15, 0.2) is 18.1 Å². The van der Waals surface area contributed by atoms with Crippen LogP contribution in [0.2, 0.25) is 0 Å². The second-order valence-electron chi connectivity index (χ2n) is 8.52. The van der Waals surface area contributed by atoms with E-state index in [-0.39, 0.29) is 48.0 Å². The Morgan fingerprint density at radius 2 is 1.97 bits per heavy atom. The number of ether oxygens (including phenoxy) is 2. The van der Waals surface area contributed by atoms with Crippen LogP contribution in [0.1, 0.15) is 36.6 Å². The zero-order valence-corrected chi connectivity index (χ0v) is 18.5. The average molecular weight is 471 g/mol. The molecule has 2 amide bonds. The molecule has 1 saturated carbocycles. The lowest BCUT2D eigenvalue weighted by molar-refractivity contribution is -0.135. The maximum atomic E-state index is 13.6. The predicted octanol–water partition coefficient (Wildman–Crippen LogP) is 2.86. The highest BCUT2D eigenvalue weighted by molar-refractivity contribution is 6.21. The fourth-order valence-corrected chi connectivity index (χ4v) is 5.16. The van der Waals surface area contributed by atoms with Crippen molar-refractivity contribution in [2.45, 2.75) is 43.3 Å². The summed E-state index contributed by atoms with van der Waals surface area (Å²) in [5, 5.41) is -0.0857. The van der Waals surface area contributed by atoms with E-state index in [1.807, 2.05) is 0 Å². The summed E-state index contributed by atoms with van der Waals surface area (Å²) in [6.45, 7) is -0.0519. The number of amides is 2. The summed E-state index contributed by atoms with van der Waals surface area (Å²) in [7, 11) is 0. The van der Waals surface area contributed by atoms with Crippen molar-refractivity contribution in [2.75, 3.05) is 6.61 Å². The molecule has 172 valence electrons. The molecule has 8 nitrogen and oxygen atoms in total. The number of primary amides is 1. The van der Waals surface area contributed by atoms with E-state index < -0.39 is 11.9 Å². The van der Waals surface area contributed by atoms with Gasteiger partial charge in [-0.2, -0.15) is 0 Å². The van der Waals surface area contributed by atoms with Crippen LogP contribution >= 0.6 is 11.6 Å². The van der Waals surface area contributed by atoms with E-state index in [0.29, 0.717) is 29.9 Å². The van der Waals surface area contributed by atoms with E-state index in [2.05, 4.69) is 0 Å². The highest BCUT2D eigenvalue weighted by atomic mass is 35.5. The van der Waals surface area contributed by atoms with Gasteiger partial charge in [-0.05, 0) is 49.1 Å². The number of benzene rings is 1. The van der Waals surface area contributed by atoms with Crippen LogP contribution in [0.15, 0.2) is 58.4 Å². The third-order valence-electron chi connectivity index (χ3n) is 6.36. The molecule has 3 heterocycles. The number of alkyl halides is 1. The second kappa shape index (κ2) is 8.59. The number of nitrogens with two attached hydrogens (primary N) is 1. The third kappa shape index (κ3) is 3.99. The number of hydrogen-bond acceptors (Lipinski definition) is 6. The van der Waals surface area contributed by atoms with Crippen molar-refractivity contribution in [2.24, 2.45) is 11.7 Å². The zero-order valence-electron chi connectivity index (χ0n) is 17.7. The van der Waals surface area contributed by atoms with Gasteiger partial charge in [0.25, 0.3) is 11.8 Å². The Morgan fingerprint density at radius 1 is 1.18 bits per heavy atom. The van der Waals surface area contributed by atoms with Crippen LogP contribution in [-0.2, 0) is 25.7 Å². The summed E-state index contributed by atoms with van der Waals surface area (Å²) in [4.78, 5) is 39.6. The van der Waals surface area contributed by atoms with Gasteiger partial charge in [0.1, 0.15) is 17.6 Å². The molecule has 5 rings (SSSR count). The number of nitrogens with zero attached hydrogens (tertiary/aromatic N) is 1. The first-order valence-corrected chi connectivity index (χ1v) is 11.3. The number of rotatable bonds is 6. The first-order valence-electron chi connectivity index (χ1n) is 10.9. The number of carbonyl (C=O) groups excluding carboxylic acids is 3. The first kappa shape index (κ1) is 21.6. The average Bonchev–Trinajstić information content (AvgIpc) is 3.41. The minimum absolute atomic E-state index is 0.0825. The summed E-state index contributed by atoms with van der Waals surface area (Å²) < 4.78 is 16.9. The number of fused-ring (bicyclic) bond motifs is 1. The van der Waals surface area contributed by atoms with Crippen LogP contribution in [-0.4, -0.2) is 40.6 Å². The molecule has 0 spiro atoms. The molecular weight excluding hydrogens is 448 g/mol. The molecular formula is C24H23ClN2O6. The first-order chi connectivity index (χ1) is 15.9. The van der Waals surface area contributed by atoms with Gasteiger partial charge >= 0.3 is 0 Å². The topological polar surface area (TPSA) is 112 Å². The number of furan rings is 1. The predicted molar refractivity (Wildman–Crippen MR) is 117 cm³/mol. The smallest absolute Gasteiger partial charge is 0.290 e. The molecule has 1 fully saturated rings. The zero-order chi connectivity index (χ0) is 23.1. The summed E-state index contributed by atoms with van der Waals surface area (Å²) in [5.41, 5.74) is 6.22. The van der Waals surface area contributed by atoms with Gasteiger partial charge in [-0.25, -0.2) is 0 Å². The monoisotopic (exact) mass is 470 g/mol. The van der Waals surface area contributed by atoms with Gasteiger partial charge in [-0.1, -0.05) is 12.1 Å². The Hall–Kier alpha value is -3.26. The Kier molecular flexibility index (Phi) is 5.62. The van der Waals surface area contributed by atoms with Crippen molar-refractivity contribution in [3.8, 4) is 5.75 Å². The van der Waals surface area contributed by atoms with Crippen molar-refractivity contribution >= 4 is 29.2 Å². The van der Waals surface area contributed by atoms with Gasteiger partial charge in [0.05, 0.1) is 30.3 Å². The Morgan fingerprint density at radius 3 is 2.67 bits per heavy atom. The van der Waals surface area contributed by atoms with Crippen LogP contribution in [0.3, 0.4) is 0 Å². The Bertz CT molecular complexity index is 1110. The molecule has 3 aliphatic rings. The molecule has 1 aromatic heterocycles. The number of hydrogen-bond donors (Lipinski definition) is 1. The van der Waals surface area contributed by atoms with E-state index >= 15 is 0 Å². The fraction of sp³-hybridized carbons (Fsp3) is 0.375. The van der Waals surface area contributed by atoms with Gasteiger partial charge in [-0.15, -0.1) is 11.6 Å². The van der Waals surface area contributed by atoms with Crippen LogP contribution in [0.4, 0.5) is 0 Å². The van der Waals surface area contributed by atoms with E-state index in [1.165, 1.54) is 0 Å². The molecule has 1 aromatic carbocycles. The minimum atomic E-state index is -0.632. The molecule has 2 aromatic rings. The standard InChI is InChI=1S/C24H23ClN2O6/c25-14-5-8-18-17(10-14)22(29)20-21(13-3-6-15(7-4-13)32-12-19(26)28)27(24(30)23(20)33-18)11-16-2-1-9-31-16/h1-4,6-7,9,14,17-18,21H,5,8,10-12H2,(H2,26,28).